The third-order valence-corrected chi connectivity index (χ3v) is 4.22. The van der Waals surface area contributed by atoms with Gasteiger partial charge in [0.25, 0.3) is 12.3 Å². The van der Waals surface area contributed by atoms with Crippen molar-refractivity contribution in [1.82, 2.24) is 14.8 Å². The number of hydrogen-bond donors (Lipinski definition) is 1. The van der Waals surface area contributed by atoms with Gasteiger partial charge in [-0.1, -0.05) is 17.7 Å². The van der Waals surface area contributed by atoms with Crippen molar-refractivity contribution in [1.29, 1.82) is 0 Å². The van der Waals surface area contributed by atoms with Crippen LogP contribution in [0.5, 0.6) is 0 Å². The van der Waals surface area contributed by atoms with E-state index in [-0.39, 0.29) is 17.0 Å². The molecule has 0 spiro atoms. The Balaban J connectivity index is 1.84. The molecule has 2 aromatic heterocycles. The van der Waals surface area contributed by atoms with Gasteiger partial charge < -0.3 is 5.32 Å². The summed E-state index contributed by atoms with van der Waals surface area (Å²) < 4.78 is 27.3. The minimum absolute atomic E-state index is 0.138. The maximum atomic E-state index is 13.0. The average molecular weight is 369 g/mol. The van der Waals surface area contributed by atoms with Crippen LogP contribution in [0.4, 0.5) is 14.5 Å². The van der Waals surface area contributed by atoms with Crippen molar-refractivity contribution in [3.05, 3.63) is 52.3 Å². The van der Waals surface area contributed by atoms with Gasteiger partial charge in [0.1, 0.15) is 16.4 Å². The number of anilines is 1. The number of benzene rings is 1. The number of thiazole rings is 1. The fraction of sp³-hybridized carbons (Fsp3) is 0.133. The zero-order chi connectivity index (χ0) is 17.3. The molecule has 0 fully saturated rings. The molecular weight excluding hydrogens is 358 g/mol. The van der Waals surface area contributed by atoms with E-state index in [1.807, 2.05) is 0 Å². The van der Waals surface area contributed by atoms with Crippen LogP contribution in [0.15, 0.2) is 35.8 Å². The van der Waals surface area contributed by atoms with Crippen LogP contribution < -0.4 is 5.32 Å². The van der Waals surface area contributed by atoms with Crippen LogP contribution in [0.3, 0.4) is 0 Å². The number of carbonyl (C=O) groups is 1. The Morgan fingerprint density at radius 2 is 2.21 bits per heavy atom. The van der Waals surface area contributed by atoms with E-state index in [2.05, 4.69) is 15.4 Å². The lowest BCUT2D eigenvalue weighted by Crippen LogP contribution is -2.12. The largest absolute Gasteiger partial charge is 0.321 e. The fourth-order valence-electron chi connectivity index (χ4n) is 2.09. The zero-order valence-corrected chi connectivity index (χ0v) is 13.9. The van der Waals surface area contributed by atoms with E-state index in [4.69, 9.17) is 11.6 Å². The maximum absolute atomic E-state index is 13.0. The van der Waals surface area contributed by atoms with E-state index >= 15 is 0 Å². The number of nitrogens with one attached hydrogen (secondary N) is 1. The van der Waals surface area contributed by atoms with Crippen LogP contribution in [0.2, 0.25) is 5.02 Å². The van der Waals surface area contributed by atoms with Crippen molar-refractivity contribution >= 4 is 34.5 Å². The number of nitrogens with zero attached hydrogens (tertiary/aromatic N) is 3. The van der Waals surface area contributed by atoms with E-state index in [0.717, 1.165) is 11.3 Å². The molecule has 0 aliphatic rings. The molecule has 1 aromatic carbocycles. The highest BCUT2D eigenvalue weighted by molar-refractivity contribution is 7.13. The third-order valence-electron chi connectivity index (χ3n) is 3.11. The number of aryl methyl sites for hydroxylation is 1. The molecule has 9 heteroatoms. The molecule has 0 aliphatic heterocycles. The van der Waals surface area contributed by atoms with Gasteiger partial charge in [-0.05, 0) is 18.2 Å². The summed E-state index contributed by atoms with van der Waals surface area (Å²) in [5, 5.41) is 8.71. The van der Waals surface area contributed by atoms with Crippen molar-refractivity contribution in [3.63, 3.8) is 0 Å². The van der Waals surface area contributed by atoms with Gasteiger partial charge in [-0.3, -0.25) is 9.48 Å². The lowest BCUT2D eigenvalue weighted by Gasteiger charge is -2.03. The summed E-state index contributed by atoms with van der Waals surface area (Å²) in [5.41, 5.74) is 0.531. The molecule has 24 heavy (non-hydrogen) atoms. The number of amides is 1. The zero-order valence-electron chi connectivity index (χ0n) is 12.3. The van der Waals surface area contributed by atoms with Crippen LogP contribution in [0.25, 0.3) is 10.6 Å². The number of hydrogen-bond acceptors (Lipinski definition) is 4. The smallest absolute Gasteiger partial charge is 0.282 e. The second-order valence-electron chi connectivity index (χ2n) is 4.90. The number of halogens is 3. The molecule has 0 unspecified atom stereocenters. The molecule has 0 aliphatic carbocycles. The standard InChI is InChI=1S/C15H11ClF2N4OS/c1-22-6-10(12(21-22)13(17)18)15-20-11(7-24-15)14(23)19-9-4-2-3-8(16)5-9/h2-7,13H,1H3,(H,19,23). The molecule has 124 valence electrons. The van der Waals surface area contributed by atoms with Gasteiger partial charge in [-0.25, -0.2) is 13.8 Å². The van der Waals surface area contributed by atoms with E-state index in [1.54, 1.807) is 31.3 Å². The molecule has 3 aromatic rings. The first-order valence-electron chi connectivity index (χ1n) is 6.78. The van der Waals surface area contributed by atoms with E-state index in [9.17, 15) is 13.6 Å². The number of aromatic nitrogens is 3. The quantitative estimate of drug-likeness (QED) is 0.743. The summed E-state index contributed by atoms with van der Waals surface area (Å²) in [6.45, 7) is 0. The summed E-state index contributed by atoms with van der Waals surface area (Å²) in [5.74, 6) is -0.442. The topological polar surface area (TPSA) is 59.8 Å². The highest BCUT2D eigenvalue weighted by atomic mass is 35.5. The highest BCUT2D eigenvalue weighted by Crippen LogP contribution is 2.32. The van der Waals surface area contributed by atoms with Gasteiger partial charge in [0.2, 0.25) is 0 Å². The van der Waals surface area contributed by atoms with Crippen LogP contribution >= 0.6 is 22.9 Å². The molecule has 2 heterocycles. The molecule has 0 bridgehead atoms. The molecule has 1 amide bonds. The maximum Gasteiger partial charge on any atom is 0.282 e. The van der Waals surface area contributed by atoms with Crippen molar-refractivity contribution < 1.29 is 13.6 Å². The molecule has 3 rings (SSSR count). The summed E-state index contributed by atoms with van der Waals surface area (Å²) in [6.07, 6.45) is -1.26. The lowest BCUT2D eigenvalue weighted by atomic mass is 10.2. The molecule has 5 nitrogen and oxygen atoms in total. The Morgan fingerprint density at radius 1 is 1.42 bits per heavy atom. The molecular formula is C15H11ClF2N4OS. The van der Waals surface area contributed by atoms with Crippen molar-refractivity contribution in [3.8, 4) is 10.6 Å². The van der Waals surface area contributed by atoms with Crippen LogP contribution in [-0.4, -0.2) is 20.7 Å². The molecule has 0 atom stereocenters. The number of rotatable bonds is 4. The van der Waals surface area contributed by atoms with Crippen LogP contribution in [-0.2, 0) is 7.05 Å². The normalized spacial score (nSPS) is 11.0. The Labute approximate surface area is 144 Å². The van der Waals surface area contributed by atoms with Gasteiger partial charge in [0.05, 0.1) is 5.56 Å². The SMILES string of the molecule is Cn1cc(-c2nc(C(=O)Nc3cccc(Cl)c3)cs2)c(C(F)F)n1. The Hall–Kier alpha value is -2.32. The van der Waals surface area contributed by atoms with Gasteiger partial charge >= 0.3 is 0 Å². The predicted molar refractivity (Wildman–Crippen MR) is 88.7 cm³/mol. The Morgan fingerprint density at radius 3 is 2.92 bits per heavy atom. The number of alkyl halides is 2. The van der Waals surface area contributed by atoms with Gasteiger partial charge in [-0.15, -0.1) is 11.3 Å². The van der Waals surface area contributed by atoms with Crippen LogP contribution in [0.1, 0.15) is 22.6 Å². The van der Waals surface area contributed by atoms with Crippen molar-refractivity contribution in [2.45, 2.75) is 6.43 Å². The Kier molecular flexibility index (Phi) is 4.59. The first kappa shape index (κ1) is 16.5. The van der Waals surface area contributed by atoms with Crippen LogP contribution in [0, 0.1) is 0 Å². The minimum atomic E-state index is -2.71. The van der Waals surface area contributed by atoms with Gasteiger partial charge in [0, 0.05) is 29.3 Å². The van der Waals surface area contributed by atoms with Gasteiger partial charge in [-0.2, -0.15) is 5.10 Å². The molecule has 0 saturated carbocycles. The fourth-order valence-corrected chi connectivity index (χ4v) is 3.10. The highest BCUT2D eigenvalue weighted by Gasteiger charge is 2.22. The monoisotopic (exact) mass is 368 g/mol. The van der Waals surface area contributed by atoms with Gasteiger partial charge in [0.15, 0.2) is 0 Å². The summed E-state index contributed by atoms with van der Waals surface area (Å²) in [4.78, 5) is 16.4. The van der Waals surface area contributed by atoms with E-state index in [0.29, 0.717) is 15.7 Å². The lowest BCUT2D eigenvalue weighted by molar-refractivity contribution is 0.102. The first-order chi connectivity index (χ1) is 11.4. The molecule has 1 N–H and O–H groups in total. The minimum Gasteiger partial charge on any atom is -0.321 e. The molecule has 0 radical (unpaired) electrons. The van der Waals surface area contributed by atoms with E-state index < -0.39 is 12.3 Å². The second kappa shape index (κ2) is 6.66. The van der Waals surface area contributed by atoms with Crippen molar-refractivity contribution in [2.75, 3.05) is 5.32 Å². The molecule has 0 saturated heterocycles. The third kappa shape index (κ3) is 3.44. The van der Waals surface area contributed by atoms with E-state index in [1.165, 1.54) is 16.3 Å². The summed E-state index contributed by atoms with van der Waals surface area (Å²) >= 11 is 6.97. The average Bonchev–Trinajstić information content (AvgIpc) is 3.13. The first-order valence-corrected chi connectivity index (χ1v) is 8.04. The summed E-state index contributed by atoms with van der Waals surface area (Å²) in [7, 11) is 1.55. The second-order valence-corrected chi connectivity index (χ2v) is 6.20. The summed E-state index contributed by atoms with van der Waals surface area (Å²) in [6, 6.07) is 6.68. The predicted octanol–water partition coefficient (Wildman–Crippen LogP) is 4.39. The Bertz CT molecular complexity index is 893. The number of carbonyl (C=O) groups excluding carboxylic acids is 1. The van der Waals surface area contributed by atoms with Crippen molar-refractivity contribution in [2.24, 2.45) is 7.05 Å².